The normalized spacial score (nSPS) is 16.8. The molecule has 144 valence electrons. The van der Waals surface area contributed by atoms with Crippen molar-refractivity contribution in [2.24, 2.45) is 10.9 Å². The summed E-state index contributed by atoms with van der Waals surface area (Å²) in [4.78, 5) is 31.9. The topological polar surface area (TPSA) is 61.8 Å². The van der Waals surface area contributed by atoms with Gasteiger partial charge in [-0.2, -0.15) is 0 Å². The van der Waals surface area contributed by atoms with Crippen molar-refractivity contribution < 1.29 is 9.59 Å². The highest BCUT2D eigenvalue weighted by Gasteiger charge is 2.34. The van der Waals surface area contributed by atoms with Crippen molar-refractivity contribution in [3.63, 3.8) is 0 Å². The van der Waals surface area contributed by atoms with Gasteiger partial charge in [0.1, 0.15) is 10.9 Å². The first-order valence-corrected chi connectivity index (χ1v) is 11.1. The van der Waals surface area contributed by atoms with E-state index in [-0.39, 0.29) is 29.5 Å². The average Bonchev–Trinajstić information content (AvgIpc) is 2.70. The first kappa shape index (κ1) is 19.1. The van der Waals surface area contributed by atoms with Crippen molar-refractivity contribution in [2.45, 2.75) is 24.9 Å². The minimum atomic E-state index is -0.310. The van der Waals surface area contributed by atoms with Crippen molar-refractivity contribution in [2.75, 3.05) is 16.8 Å². The second-order valence-corrected chi connectivity index (χ2v) is 9.42. The molecule has 1 N–H and O–H groups in total. The number of aliphatic imine (C=N–C) groups is 1. The van der Waals surface area contributed by atoms with Gasteiger partial charge in [-0.1, -0.05) is 67.7 Å². The van der Waals surface area contributed by atoms with E-state index in [9.17, 15) is 9.59 Å². The van der Waals surface area contributed by atoms with Gasteiger partial charge in [-0.15, -0.1) is 0 Å². The van der Waals surface area contributed by atoms with Gasteiger partial charge in [-0.05, 0) is 29.7 Å². The van der Waals surface area contributed by atoms with Crippen LogP contribution in [0.15, 0.2) is 53.5 Å². The average molecular weight is 412 g/mol. The molecule has 0 fully saturated rings. The predicted molar refractivity (Wildman–Crippen MR) is 118 cm³/mol. The van der Waals surface area contributed by atoms with E-state index < -0.39 is 0 Å². The number of amides is 2. The number of hydrogen-bond acceptors (Lipinski definition) is 5. The van der Waals surface area contributed by atoms with E-state index in [1.807, 2.05) is 56.3 Å². The van der Waals surface area contributed by atoms with E-state index >= 15 is 0 Å². The lowest BCUT2D eigenvalue weighted by atomic mass is 10.1. The number of hydrogen-bond donors (Lipinski definition) is 1. The summed E-state index contributed by atoms with van der Waals surface area (Å²) in [5, 5.41) is 2.53. The van der Waals surface area contributed by atoms with Gasteiger partial charge >= 0.3 is 0 Å². The molecule has 0 saturated heterocycles. The number of anilines is 2. The van der Waals surface area contributed by atoms with E-state index in [4.69, 9.17) is 4.99 Å². The molecule has 2 heterocycles. The molecule has 2 aromatic rings. The Morgan fingerprint density at radius 3 is 2.75 bits per heavy atom. The van der Waals surface area contributed by atoms with Gasteiger partial charge in [-0.3, -0.25) is 14.5 Å². The Bertz CT molecular complexity index is 958. The molecule has 0 saturated carbocycles. The Balaban J connectivity index is 1.60. The number of benzene rings is 2. The van der Waals surface area contributed by atoms with Crippen LogP contribution in [-0.4, -0.2) is 28.0 Å². The molecule has 2 aliphatic rings. The molecule has 2 aromatic carbocycles. The molecule has 4 rings (SSSR count). The summed E-state index contributed by atoms with van der Waals surface area (Å²) in [5.41, 5.74) is 3.62. The first-order chi connectivity index (χ1) is 13.5. The van der Waals surface area contributed by atoms with Gasteiger partial charge in [0.25, 0.3) is 0 Å². The Kier molecular flexibility index (Phi) is 5.46. The van der Waals surface area contributed by atoms with E-state index in [1.165, 1.54) is 17.3 Å². The van der Waals surface area contributed by atoms with Crippen LogP contribution >= 0.6 is 23.5 Å². The highest BCUT2D eigenvalue weighted by molar-refractivity contribution is 8.39. The molecule has 0 aliphatic carbocycles. The Hall–Kier alpha value is -2.25. The minimum Gasteiger partial charge on any atom is -0.323 e. The Morgan fingerprint density at radius 1 is 1.18 bits per heavy atom. The number of rotatable bonds is 3. The molecule has 7 heteroatoms. The van der Waals surface area contributed by atoms with Crippen LogP contribution < -0.4 is 10.2 Å². The zero-order valence-corrected chi connectivity index (χ0v) is 17.3. The lowest BCUT2D eigenvalue weighted by Crippen LogP contribution is -2.47. The van der Waals surface area contributed by atoms with Crippen LogP contribution in [0.5, 0.6) is 0 Å². The Labute approximate surface area is 173 Å². The van der Waals surface area contributed by atoms with Crippen LogP contribution in [0.2, 0.25) is 0 Å². The summed E-state index contributed by atoms with van der Waals surface area (Å²) >= 11 is 3.17. The Morgan fingerprint density at radius 2 is 1.93 bits per heavy atom. The largest absolute Gasteiger partial charge is 0.323 e. The standard InChI is InChI=1S/C21H21N3O2S2/c1-13(2)19(28-21-23-15-8-4-3-7-14(15)12-27-21)20(26)24-11-18(25)22-16-9-5-6-10-17(16)24/h3-10,13,19H,11-12H2,1-2H3,(H,22,25)/t19-/m0/s1. The second kappa shape index (κ2) is 8.01. The van der Waals surface area contributed by atoms with Gasteiger partial charge in [-0.25, -0.2) is 4.99 Å². The van der Waals surface area contributed by atoms with E-state index in [0.717, 1.165) is 21.5 Å². The molecule has 0 spiro atoms. The number of carbonyl (C=O) groups is 2. The number of thioether (sulfide) groups is 2. The highest BCUT2D eigenvalue weighted by atomic mass is 32.2. The molecule has 2 aliphatic heterocycles. The van der Waals surface area contributed by atoms with E-state index in [2.05, 4.69) is 11.4 Å². The van der Waals surface area contributed by atoms with Crippen LogP contribution in [-0.2, 0) is 15.3 Å². The van der Waals surface area contributed by atoms with Crippen molar-refractivity contribution in [3.8, 4) is 0 Å². The summed E-state index contributed by atoms with van der Waals surface area (Å²) in [7, 11) is 0. The van der Waals surface area contributed by atoms with Gasteiger partial charge < -0.3 is 5.32 Å². The lowest BCUT2D eigenvalue weighted by molar-refractivity contribution is -0.122. The van der Waals surface area contributed by atoms with Crippen LogP contribution in [0.25, 0.3) is 0 Å². The summed E-state index contributed by atoms with van der Waals surface area (Å²) in [6, 6.07) is 15.5. The molecule has 1 atom stereocenters. The molecule has 0 unspecified atom stereocenters. The molecule has 5 nitrogen and oxygen atoms in total. The predicted octanol–water partition coefficient (Wildman–Crippen LogP) is 4.66. The molecular weight excluding hydrogens is 390 g/mol. The molecule has 0 bridgehead atoms. The fraction of sp³-hybridized carbons (Fsp3) is 0.286. The van der Waals surface area contributed by atoms with Gasteiger partial charge in [0.05, 0.1) is 22.3 Å². The van der Waals surface area contributed by atoms with Gasteiger partial charge in [0.2, 0.25) is 11.8 Å². The van der Waals surface area contributed by atoms with E-state index in [1.54, 1.807) is 16.7 Å². The van der Waals surface area contributed by atoms with Gasteiger partial charge in [0.15, 0.2) is 0 Å². The summed E-state index contributed by atoms with van der Waals surface area (Å²) in [6.45, 7) is 4.11. The van der Waals surface area contributed by atoms with Gasteiger partial charge in [0, 0.05) is 5.75 Å². The molecule has 2 amide bonds. The maximum absolute atomic E-state index is 13.4. The summed E-state index contributed by atoms with van der Waals surface area (Å²) in [6.07, 6.45) is 0. The fourth-order valence-electron chi connectivity index (χ4n) is 3.24. The second-order valence-electron chi connectivity index (χ2n) is 7.07. The zero-order chi connectivity index (χ0) is 19.7. The third kappa shape index (κ3) is 3.82. The quantitative estimate of drug-likeness (QED) is 0.798. The molecule has 0 radical (unpaired) electrons. The maximum atomic E-state index is 13.4. The summed E-state index contributed by atoms with van der Waals surface area (Å²) < 4.78 is 0.903. The number of nitrogens with one attached hydrogen (secondary N) is 1. The third-order valence-corrected chi connectivity index (χ3v) is 7.40. The number of fused-ring (bicyclic) bond motifs is 2. The summed E-state index contributed by atoms with van der Waals surface area (Å²) in [5.74, 6) is 0.744. The van der Waals surface area contributed by atoms with Crippen LogP contribution in [0.1, 0.15) is 19.4 Å². The third-order valence-electron chi connectivity index (χ3n) is 4.67. The fourth-order valence-corrected chi connectivity index (χ4v) is 5.55. The minimum absolute atomic E-state index is 0.0437. The van der Waals surface area contributed by atoms with E-state index in [0.29, 0.717) is 5.69 Å². The smallest absolute Gasteiger partial charge is 0.244 e. The number of para-hydroxylation sites is 3. The molecule has 0 aromatic heterocycles. The molecule has 28 heavy (non-hydrogen) atoms. The lowest BCUT2D eigenvalue weighted by Gasteiger charge is -2.33. The number of carbonyl (C=O) groups excluding carboxylic acids is 2. The van der Waals surface area contributed by atoms with Crippen LogP contribution in [0.3, 0.4) is 0 Å². The monoisotopic (exact) mass is 411 g/mol. The number of nitrogens with zero attached hydrogens (tertiary/aromatic N) is 2. The van der Waals surface area contributed by atoms with Crippen LogP contribution in [0.4, 0.5) is 17.1 Å². The SMILES string of the molecule is CC(C)[C@H](SC1=Nc2ccccc2CS1)C(=O)N1CC(=O)Nc2ccccc21. The highest BCUT2D eigenvalue weighted by Crippen LogP contribution is 2.39. The van der Waals surface area contributed by atoms with Crippen molar-refractivity contribution in [3.05, 3.63) is 54.1 Å². The van der Waals surface area contributed by atoms with Crippen LogP contribution in [0, 0.1) is 5.92 Å². The van der Waals surface area contributed by atoms with Crippen molar-refractivity contribution in [1.29, 1.82) is 0 Å². The molecular formula is C21H21N3O2S2. The van der Waals surface area contributed by atoms with Crippen molar-refractivity contribution in [1.82, 2.24) is 0 Å². The maximum Gasteiger partial charge on any atom is 0.244 e. The zero-order valence-electron chi connectivity index (χ0n) is 15.7. The van der Waals surface area contributed by atoms with Crippen molar-refractivity contribution >= 4 is 56.8 Å². The first-order valence-electron chi connectivity index (χ1n) is 9.19.